The summed E-state index contributed by atoms with van der Waals surface area (Å²) in [5.41, 5.74) is 0.842. The second-order valence-corrected chi connectivity index (χ2v) is 12.2. The van der Waals surface area contributed by atoms with Gasteiger partial charge in [-0.05, 0) is 90.5 Å². The van der Waals surface area contributed by atoms with Crippen molar-refractivity contribution in [2.75, 3.05) is 0 Å². The second-order valence-electron chi connectivity index (χ2n) is 12.2. The van der Waals surface area contributed by atoms with Gasteiger partial charge in [-0.1, -0.05) is 38.5 Å². The van der Waals surface area contributed by atoms with E-state index in [4.69, 9.17) is 4.84 Å². The van der Waals surface area contributed by atoms with Gasteiger partial charge in [-0.15, -0.1) is 0 Å². The number of hydrogen-bond donors (Lipinski definition) is 2. The van der Waals surface area contributed by atoms with E-state index >= 15 is 0 Å². The fraction of sp³-hybridized carbons (Fsp3) is 0.724. The molecule has 3 aliphatic rings. The van der Waals surface area contributed by atoms with Crippen LogP contribution in [0.5, 0.6) is 0 Å². The molecule has 0 atom stereocenters. The molecule has 3 fully saturated rings. The third-order valence-corrected chi connectivity index (χ3v) is 8.08. The van der Waals surface area contributed by atoms with E-state index in [2.05, 4.69) is 43.4 Å². The van der Waals surface area contributed by atoms with Crippen LogP contribution in [0.15, 0.2) is 24.3 Å². The zero-order chi connectivity index (χ0) is 25.1. The molecule has 2 saturated carbocycles. The molecule has 2 aliphatic carbocycles. The van der Waals surface area contributed by atoms with Gasteiger partial charge in [-0.2, -0.15) is 5.06 Å². The molecule has 4 rings (SSSR count). The smallest absolute Gasteiger partial charge is 0.251 e. The molecule has 1 aromatic carbocycles. The lowest BCUT2D eigenvalue weighted by Gasteiger charge is -2.55. The summed E-state index contributed by atoms with van der Waals surface area (Å²) in [7, 11) is 0. The Morgan fingerprint density at radius 2 is 1.14 bits per heavy atom. The predicted molar refractivity (Wildman–Crippen MR) is 139 cm³/mol. The normalized spacial score (nSPS) is 24.1. The average molecular weight is 484 g/mol. The standard InChI is InChI=1S/C29H45N3O3/c1-28(2)19-24(20-29(3,4)32(28)35-25-13-9-6-10-14-25)31-27(34)22-17-15-21(16-18-22)26(33)30-23-11-7-5-8-12-23/h15-18,23-25H,5-14,19-20H2,1-4H3,(H,30,33)(H,31,34). The predicted octanol–water partition coefficient (Wildman–Crippen LogP) is 5.76. The highest BCUT2D eigenvalue weighted by atomic mass is 16.7. The molecule has 2 N–H and O–H groups in total. The summed E-state index contributed by atoms with van der Waals surface area (Å²) >= 11 is 0. The Morgan fingerprint density at radius 1 is 0.714 bits per heavy atom. The summed E-state index contributed by atoms with van der Waals surface area (Å²) in [6.45, 7) is 8.87. The number of benzene rings is 1. The number of nitrogens with one attached hydrogen (secondary N) is 2. The number of nitrogens with zero attached hydrogens (tertiary/aromatic N) is 1. The van der Waals surface area contributed by atoms with Crippen LogP contribution < -0.4 is 10.6 Å². The van der Waals surface area contributed by atoms with Gasteiger partial charge in [0.1, 0.15) is 0 Å². The summed E-state index contributed by atoms with van der Waals surface area (Å²) in [6, 6.07) is 7.40. The Bertz CT molecular complexity index is 850. The van der Waals surface area contributed by atoms with E-state index in [9.17, 15) is 9.59 Å². The van der Waals surface area contributed by atoms with E-state index in [1.807, 2.05) is 0 Å². The van der Waals surface area contributed by atoms with Crippen molar-refractivity contribution >= 4 is 11.8 Å². The third-order valence-electron chi connectivity index (χ3n) is 8.08. The van der Waals surface area contributed by atoms with E-state index in [1.54, 1.807) is 24.3 Å². The summed E-state index contributed by atoms with van der Waals surface area (Å²) in [5, 5.41) is 8.63. The van der Waals surface area contributed by atoms with Crippen molar-refractivity contribution in [3.8, 4) is 0 Å². The van der Waals surface area contributed by atoms with Gasteiger partial charge in [0.15, 0.2) is 0 Å². The maximum absolute atomic E-state index is 13.1. The van der Waals surface area contributed by atoms with Crippen LogP contribution in [0.25, 0.3) is 0 Å². The van der Waals surface area contributed by atoms with Crippen LogP contribution in [0, 0.1) is 0 Å². The molecule has 0 spiro atoms. The highest BCUT2D eigenvalue weighted by Crippen LogP contribution is 2.40. The number of hydroxylamine groups is 2. The van der Waals surface area contributed by atoms with Crippen LogP contribution >= 0.6 is 0 Å². The molecule has 1 saturated heterocycles. The van der Waals surface area contributed by atoms with Gasteiger partial charge in [0.05, 0.1) is 6.10 Å². The number of carbonyl (C=O) groups is 2. The first-order valence-electron chi connectivity index (χ1n) is 13.8. The fourth-order valence-corrected chi connectivity index (χ4v) is 6.53. The van der Waals surface area contributed by atoms with Gasteiger partial charge >= 0.3 is 0 Å². The summed E-state index contributed by atoms with van der Waals surface area (Å²) in [5.74, 6) is -0.125. The second kappa shape index (κ2) is 11.0. The van der Waals surface area contributed by atoms with Crippen LogP contribution in [0.1, 0.15) is 125 Å². The summed E-state index contributed by atoms with van der Waals surface area (Å²) < 4.78 is 0. The monoisotopic (exact) mass is 483 g/mol. The van der Waals surface area contributed by atoms with Crippen molar-refractivity contribution in [1.82, 2.24) is 15.7 Å². The molecule has 2 amide bonds. The van der Waals surface area contributed by atoms with Crippen molar-refractivity contribution in [3.63, 3.8) is 0 Å². The molecule has 1 aliphatic heterocycles. The third kappa shape index (κ3) is 6.65. The number of amides is 2. The quantitative estimate of drug-likeness (QED) is 0.539. The number of hydrogen-bond acceptors (Lipinski definition) is 4. The van der Waals surface area contributed by atoms with E-state index in [1.165, 1.54) is 38.5 Å². The Hall–Kier alpha value is -1.92. The van der Waals surface area contributed by atoms with Crippen LogP contribution in [-0.2, 0) is 4.84 Å². The highest BCUT2D eigenvalue weighted by molar-refractivity contribution is 5.98. The Balaban J connectivity index is 1.34. The zero-order valence-electron chi connectivity index (χ0n) is 22.2. The number of carbonyl (C=O) groups excluding carboxylic acids is 2. The minimum atomic E-state index is -0.182. The van der Waals surface area contributed by atoms with Gasteiger partial charge < -0.3 is 10.6 Å². The first-order valence-corrected chi connectivity index (χ1v) is 13.8. The molecular formula is C29H45N3O3. The molecule has 0 radical (unpaired) electrons. The lowest BCUT2D eigenvalue weighted by Crippen LogP contribution is -2.64. The number of rotatable bonds is 6. The minimum Gasteiger partial charge on any atom is -0.349 e. The number of piperidine rings is 1. The van der Waals surface area contributed by atoms with Gasteiger partial charge in [0.25, 0.3) is 11.8 Å². The Morgan fingerprint density at radius 3 is 1.63 bits per heavy atom. The molecule has 35 heavy (non-hydrogen) atoms. The van der Waals surface area contributed by atoms with Gasteiger partial charge in [0.2, 0.25) is 0 Å². The van der Waals surface area contributed by atoms with Crippen LogP contribution in [0.3, 0.4) is 0 Å². The summed E-state index contributed by atoms with van der Waals surface area (Å²) in [4.78, 5) is 32.2. The van der Waals surface area contributed by atoms with E-state index in [0.717, 1.165) is 38.5 Å². The lowest BCUT2D eigenvalue weighted by molar-refractivity contribution is -0.310. The lowest BCUT2D eigenvalue weighted by atomic mass is 9.78. The average Bonchev–Trinajstić information content (AvgIpc) is 2.82. The van der Waals surface area contributed by atoms with Gasteiger partial charge in [0, 0.05) is 34.3 Å². The van der Waals surface area contributed by atoms with E-state index < -0.39 is 0 Å². The van der Waals surface area contributed by atoms with Crippen molar-refractivity contribution < 1.29 is 14.4 Å². The topological polar surface area (TPSA) is 70.7 Å². The van der Waals surface area contributed by atoms with E-state index in [-0.39, 0.29) is 35.0 Å². The zero-order valence-corrected chi connectivity index (χ0v) is 22.2. The first-order chi connectivity index (χ1) is 16.6. The van der Waals surface area contributed by atoms with Crippen molar-refractivity contribution in [3.05, 3.63) is 35.4 Å². The first kappa shape index (κ1) is 26.2. The van der Waals surface area contributed by atoms with Crippen LogP contribution in [-0.4, -0.2) is 46.1 Å². The summed E-state index contributed by atoms with van der Waals surface area (Å²) in [6.07, 6.45) is 13.8. The molecule has 194 valence electrons. The molecule has 0 unspecified atom stereocenters. The van der Waals surface area contributed by atoms with Crippen molar-refractivity contribution in [2.45, 2.75) is 134 Å². The molecular weight excluding hydrogens is 438 g/mol. The molecule has 0 aromatic heterocycles. The van der Waals surface area contributed by atoms with E-state index in [0.29, 0.717) is 17.2 Å². The van der Waals surface area contributed by atoms with Gasteiger partial charge in [-0.3, -0.25) is 14.4 Å². The van der Waals surface area contributed by atoms with Crippen molar-refractivity contribution in [1.29, 1.82) is 0 Å². The molecule has 6 nitrogen and oxygen atoms in total. The maximum atomic E-state index is 13.1. The molecule has 6 heteroatoms. The largest absolute Gasteiger partial charge is 0.349 e. The molecule has 0 bridgehead atoms. The maximum Gasteiger partial charge on any atom is 0.251 e. The SMILES string of the molecule is CC1(C)CC(NC(=O)c2ccc(C(=O)NC3CCCCC3)cc2)CC(C)(C)N1OC1CCCCC1. The van der Waals surface area contributed by atoms with Crippen LogP contribution in [0.2, 0.25) is 0 Å². The fourth-order valence-electron chi connectivity index (χ4n) is 6.53. The Kier molecular flexibility index (Phi) is 8.22. The van der Waals surface area contributed by atoms with Crippen LogP contribution in [0.4, 0.5) is 0 Å². The molecule has 1 heterocycles. The Labute approximate surface area is 211 Å². The van der Waals surface area contributed by atoms with Gasteiger partial charge in [-0.25, -0.2) is 0 Å². The highest BCUT2D eigenvalue weighted by Gasteiger charge is 2.47. The minimum absolute atomic E-state index is 0.0438. The van der Waals surface area contributed by atoms with Crippen molar-refractivity contribution in [2.24, 2.45) is 0 Å². The molecule has 1 aromatic rings.